The number of unbranched alkanes of at least 4 members (excludes halogenated alkanes) is 8. The summed E-state index contributed by atoms with van der Waals surface area (Å²) in [5.41, 5.74) is -4.54. The molecule has 2 unspecified atom stereocenters. The van der Waals surface area contributed by atoms with Crippen molar-refractivity contribution in [3.05, 3.63) is 36.0 Å². The molecule has 3 saturated carbocycles. The predicted octanol–water partition coefficient (Wildman–Crippen LogP) is 8.22. The Morgan fingerprint density at radius 2 is 1.55 bits per heavy atom. The van der Waals surface area contributed by atoms with E-state index in [0.717, 1.165) is 38.5 Å². The number of allylic oxidation sites excluding steroid dienone is 5. The van der Waals surface area contributed by atoms with E-state index in [-0.39, 0.29) is 36.9 Å². The van der Waals surface area contributed by atoms with Crippen LogP contribution in [0.3, 0.4) is 0 Å². The summed E-state index contributed by atoms with van der Waals surface area (Å²) in [6, 6.07) is 0. The number of carbonyl (C=O) groups is 2. The highest BCUT2D eigenvalue weighted by Crippen LogP contribution is 2.68. The molecular weight excluding hydrogens is 668 g/mol. The lowest BCUT2D eigenvalue weighted by molar-refractivity contribution is -0.194. The van der Waals surface area contributed by atoms with Crippen molar-refractivity contribution >= 4 is 11.8 Å². The number of rotatable bonds is 20. The Kier molecular flexibility index (Phi) is 15.2. The van der Waals surface area contributed by atoms with Gasteiger partial charge in [0.05, 0.1) is 23.4 Å². The summed E-state index contributed by atoms with van der Waals surface area (Å²) in [6.07, 6.45) is 23.5. The molecule has 4 aliphatic carbocycles. The lowest BCUT2D eigenvalue weighted by Crippen LogP contribution is -2.63. The summed E-state index contributed by atoms with van der Waals surface area (Å²) >= 11 is 0. The molecule has 0 saturated heterocycles. The van der Waals surface area contributed by atoms with Gasteiger partial charge in [-0.15, -0.1) is 0 Å². The second-order valence-electron chi connectivity index (χ2n) is 18.6. The van der Waals surface area contributed by atoms with E-state index >= 15 is 0 Å². The minimum absolute atomic E-state index is 0.108. The fraction of sp³-hybridized carbons (Fsp3) is 0.822. The van der Waals surface area contributed by atoms with E-state index in [1.165, 1.54) is 25.7 Å². The predicted molar refractivity (Wildman–Crippen MR) is 210 cm³/mol. The van der Waals surface area contributed by atoms with E-state index in [2.05, 4.69) is 31.2 Å². The first-order valence-corrected chi connectivity index (χ1v) is 21.2. The largest absolute Gasteiger partial charge is 0.459 e. The van der Waals surface area contributed by atoms with E-state index in [0.29, 0.717) is 50.5 Å². The number of ketones is 1. The van der Waals surface area contributed by atoms with Gasteiger partial charge in [0.25, 0.3) is 0 Å². The van der Waals surface area contributed by atoms with Gasteiger partial charge in [0.1, 0.15) is 11.7 Å². The molecule has 0 aliphatic heterocycles. The van der Waals surface area contributed by atoms with Crippen molar-refractivity contribution < 1.29 is 39.9 Å². The molecule has 0 heterocycles. The second kappa shape index (κ2) is 18.4. The van der Waals surface area contributed by atoms with Gasteiger partial charge in [-0.05, 0) is 140 Å². The van der Waals surface area contributed by atoms with Crippen LogP contribution in [0.2, 0.25) is 0 Å². The third-order valence-corrected chi connectivity index (χ3v) is 14.1. The highest BCUT2D eigenvalue weighted by molar-refractivity contribution is 5.95. The SMILES string of the molecule is CCCCC/C=C/C/C=C\CCCCCCCC(=O)O[C@H](CCC(C)(C)O)[C@](C)(O)[C@H]1CC[C@@]2(O)C3=CC(=O)C4C[C@@H](O)[C@@H](O)C[C@]4(C)C3CC[C@]12C. The molecule has 5 N–H and O–H groups in total. The Morgan fingerprint density at radius 1 is 0.906 bits per heavy atom. The first-order valence-electron chi connectivity index (χ1n) is 21.2. The zero-order chi connectivity index (χ0) is 39.1. The van der Waals surface area contributed by atoms with Gasteiger partial charge < -0.3 is 30.3 Å². The molecule has 0 spiro atoms. The van der Waals surface area contributed by atoms with Crippen LogP contribution in [0.4, 0.5) is 0 Å². The molecule has 4 aliphatic rings. The first-order chi connectivity index (χ1) is 24.9. The zero-order valence-electron chi connectivity index (χ0n) is 34.0. The molecule has 0 radical (unpaired) electrons. The molecule has 0 aromatic heterocycles. The second-order valence-corrected chi connectivity index (χ2v) is 18.6. The zero-order valence-corrected chi connectivity index (χ0v) is 34.0. The number of hydrogen-bond acceptors (Lipinski definition) is 8. The van der Waals surface area contributed by atoms with Gasteiger partial charge in [-0.1, -0.05) is 77.2 Å². The van der Waals surface area contributed by atoms with Crippen LogP contribution in [0.25, 0.3) is 0 Å². The van der Waals surface area contributed by atoms with Gasteiger partial charge >= 0.3 is 5.97 Å². The molecule has 8 heteroatoms. The van der Waals surface area contributed by atoms with E-state index in [1.54, 1.807) is 26.8 Å². The average Bonchev–Trinajstić information content (AvgIpc) is 3.37. The van der Waals surface area contributed by atoms with Crippen LogP contribution in [-0.2, 0) is 14.3 Å². The number of hydrogen-bond donors (Lipinski definition) is 5. The quantitative estimate of drug-likeness (QED) is 0.0477. The minimum Gasteiger partial charge on any atom is -0.459 e. The molecule has 3 fully saturated rings. The van der Waals surface area contributed by atoms with E-state index < -0.39 is 57.8 Å². The van der Waals surface area contributed by atoms with E-state index in [9.17, 15) is 35.1 Å². The van der Waals surface area contributed by atoms with E-state index in [1.807, 2.05) is 13.8 Å². The van der Waals surface area contributed by atoms with Crippen molar-refractivity contribution in [1.29, 1.82) is 0 Å². The molecule has 0 aromatic carbocycles. The average molecular weight is 743 g/mol. The Hall–Kier alpha value is -1.84. The van der Waals surface area contributed by atoms with Crippen LogP contribution in [0, 0.1) is 28.6 Å². The molecule has 8 nitrogen and oxygen atoms in total. The topological polar surface area (TPSA) is 145 Å². The number of ether oxygens (including phenoxy) is 1. The molecule has 4 rings (SSSR count). The number of esters is 1. The maximum Gasteiger partial charge on any atom is 0.306 e. The van der Waals surface area contributed by atoms with Crippen molar-refractivity contribution in [1.82, 2.24) is 0 Å². The maximum atomic E-state index is 13.6. The normalized spacial score (nSPS) is 34.7. The van der Waals surface area contributed by atoms with Crippen molar-refractivity contribution in [2.45, 2.75) is 205 Å². The number of aliphatic hydroxyl groups excluding tert-OH is 2. The Bertz CT molecular complexity index is 1310. The van der Waals surface area contributed by atoms with Crippen molar-refractivity contribution in [3.63, 3.8) is 0 Å². The number of carbonyl (C=O) groups excluding carboxylic acids is 2. The molecule has 302 valence electrons. The van der Waals surface area contributed by atoms with Gasteiger partial charge in [-0.25, -0.2) is 0 Å². The Labute approximate surface area is 320 Å². The number of fused-ring (bicyclic) bond motifs is 5. The summed E-state index contributed by atoms with van der Waals surface area (Å²) in [5.74, 6) is -1.43. The molecule has 10 atom stereocenters. The fourth-order valence-electron chi connectivity index (χ4n) is 10.8. The van der Waals surface area contributed by atoms with Crippen LogP contribution < -0.4 is 0 Å². The summed E-state index contributed by atoms with van der Waals surface area (Å²) in [6.45, 7) is 11.4. The van der Waals surface area contributed by atoms with Gasteiger partial charge in [0, 0.05) is 17.8 Å². The monoisotopic (exact) mass is 743 g/mol. The summed E-state index contributed by atoms with van der Waals surface area (Å²) < 4.78 is 6.12. The number of aliphatic hydroxyl groups is 5. The van der Waals surface area contributed by atoms with Gasteiger partial charge in [-0.3, -0.25) is 9.59 Å². The molecule has 0 amide bonds. The Morgan fingerprint density at radius 3 is 2.21 bits per heavy atom. The third kappa shape index (κ3) is 10.1. The molecule has 53 heavy (non-hydrogen) atoms. The standard InChI is InChI=1S/C45H74O8/c1-7-8-9-10-11-12-13-14-15-16-17-18-19-20-21-22-40(49)53-39(25-26-41(2,3)50)44(6,51)38-24-28-45(52)33-29-35(46)34-30-36(47)37(48)31-42(34,4)32(33)23-27-43(38,45)5/h11-12,14-15,29,32,34,36-39,47-48,50-52H,7-10,13,16-28,30-31H2,1-6H3/b12-11+,15-14-/t32?,34?,36-,37+,38+,39-,42-,43-,44-,45-/m1/s1. The van der Waals surface area contributed by atoms with Crippen LogP contribution >= 0.6 is 0 Å². The fourth-order valence-corrected chi connectivity index (χ4v) is 10.8. The van der Waals surface area contributed by atoms with Crippen LogP contribution in [0.5, 0.6) is 0 Å². The minimum atomic E-state index is -1.50. The molecule has 0 bridgehead atoms. The third-order valence-electron chi connectivity index (χ3n) is 14.1. The van der Waals surface area contributed by atoms with Crippen LogP contribution in [0.15, 0.2) is 36.0 Å². The summed E-state index contributed by atoms with van der Waals surface area (Å²) in [4.78, 5) is 26.9. The van der Waals surface area contributed by atoms with Gasteiger partial charge in [0.2, 0.25) is 0 Å². The first kappa shape index (κ1) is 43.9. The Balaban J connectivity index is 1.34. The van der Waals surface area contributed by atoms with Crippen molar-refractivity contribution in [3.8, 4) is 0 Å². The van der Waals surface area contributed by atoms with Crippen molar-refractivity contribution in [2.24, 2.45) is 28.6 Å². The lowest BCUT2D eigenvalue weighted by Gasteiger charge is -2.60. The van der Waals surface area contributed by atoms with Gasteiger partial charge in [0.15, 0.2) is 5.78 Å². The summed E-state index contributed by atoms with van der Waals surface area (Å²) in [7, 11) is 0. The van der Waals surface area contributed by atoms with Crippen molar-refractivity contribution in [2.75, 3.05) is 0 Å². The maximum absolute atomic E-state index is 13.6. The molecule has 0 aromatic rings. The van der Waals surface area contributed by atoms with Crippen LogP contribution in [-0.4, -0.2) is 72.4 Å². The highest BCUT2D eigenvalue weighted by Gasteiger charge is 2.69. The highest BCUT2D eigenvalue weighted by atomic mass is 16.6. The smallest absolute Gasteiger partial charge is 0.306 e. The molecular formula is C45H74O8. The lowest BCUT2D eigenvalue weighted by atomic mass is 9.45. The van der Waals surface area contributed by atoms with E-state index in [4.69, 9.17) is 4.74 Å². The summed E-state index contributed by atoms with van der Waals surface area (Å²) in [5, 5.41) is 56.9. The van der Waals surface area contributed by atoms with Crippen LogP contribution in [0.1, 0.15) is 170 Å². The van der Waals surface area contributed by atoms with Gasteiger partial charge in [-0.2, -0.15) is 0 Å².